The number of hydrogen-bond donors (Lipinski definition) is 2. The summed E-state index contributed by atoms with van der Waals surface area (Å²) in [4.78, 5) is 67.4. The van der Waals surface area contributed by atoms with Gasteiger partial charge < -0.3 is 19.6 Å². The van der Waals surface area contributed by atoms with Gasteiger partial charge in [-0.2, -0.15) is 5.48 Å². The molecule has 36 heavy (non-hydrogen) atoms. The lowest BCUT2D eigenvalue weighted by atomic mass is 10.0. The molecule has 0 fully saturated rings. The number of benzene rings is 2. The Morgan fingerprint density at radius 3 is 2.19 bits per heavy atom. The fourth-order valence-corrected chi connectivity index (χ4v) is 3.80. The number of ether oxygens (including phenoxy) is 2. The minimum Gasteiger partial charge on any atom is -0.490 e. The Hall–Kier alpha value is -4.41. The minimum absolute atomic E-state index is 0.0904. The van der Waals surface area contributed by atoms with Gasteiger partial charge in [-0.15, -0.1) is 0 Å². The number of amides is 4. The Morgan fingerprint density at radius 2 is 1.56 bits per heavy atom. The monoisotopic (exact) mass is 497 g/mol. The van der Waals surface area contributed by atoms with Gasteiger partial charge in [0.2, 0.25) is 5.91 Å². The lowest BCUT2D eigenvalue weighted by molar-refractivity contribution is -0.156. The molecule has 3 rings (SSSR count). The Labute approximate surface area is 207 Å². The molecule has 0 radical (unpaired) electrons. The van der Waals surface area contributed by atoms with E-state index >= 15 is 0 Å². The van der Waals surface area contributed by atoms with E-state index < -0.39 is 36.2 Å². The molecule has 11 nitrogen and oxygen atoms in total. The predicted octanol–water partition coefficient (Wildman–Crippen LogP) is 2.76. The summed E-state index contributed by atoms with van der Waals surface area (Å²) in [6.07, 6.45) is -0.392. The van der Waals surface area contributed by atoms with E-state index in [4.69, 9.17) is 9.47 Å². The molecular formula is C25H27N3O8. The quantitative estimate of drug-likeness (QED) is 0.398. The van der Waals surface area contributed by atoms with Gasteiger partial charge in [-0.3, -0.25) is 28.9 Å². The van der Waals surface area contributed by atoms with Gasteiger partial charge >= 0.3 is 5.97 Å². The van der Waals surface area contributed by atoms with Crippen LogP contribution >= 0.6 is 0 Å². The largest absolute Gasteiger partial charge is 0.490 e. The second-order valence-corrected chi connectivity index (χ2v) is 7.83. The molecule has 0 bridgehead atoms. The van der Waals surface area contributed by atoms with Crippen molar-refractivity contribution in [3.63, 3.8) is 0 Å². The van der Waals surface area contributed by atoms with E-state index in [0.29, 0.717) is 36.0 Å². The number of nitrogens with zero attached hydrogens (tertiary/aromatic N) is 1. The number of fused-ring (bicyclic) bond motifs is 1. The third-order valence-electron chi connectivity index (χ3n) is 5.19. The number of anilines is 1. The van der Waals surface area contributed by atoms with Crippen molar-refractivity contribution < 1.29 is 38.3 Å². The fourth-order valence-electron chi connectivity index (χ4n) is 3.80. The van der Waals surface area contributed by atoms with E-state index in [0.717, 1.165) is 11.8 Å². The van der Waals surface area contributed by atoms with Crippen LogP contribution in [0.25, 0.3) is 0 Å². The molecule has 2 N–H and O–H groups in total. The van der Waals surface area contributed by atoms with E-state index in [1.165, 1.54) is 25.1 Å². The second-order valence-electron chi connectivity index (χ2n) is 7.83. The van der Waals surface area contributed by atoms with E-state index in [9.17, 15) is 24.0 Å². The average Bonchev–Trinajstić information content (AvgIpc) is 3.06. The summed E-state index contributed by atoms with van der Waals surface area (Å²) in [7, 11) is 0. The van der Waals surface area contributed by atoms with Crippen molar-refractivity contribution in [3.8, 4) is 11.5 Å². The van der Waals surface area contributed by atoms with Crippen LogP contribution < -0.4 is 20.3 Å². The highest BCUT2D eigenvalue weighted by Gasteiger charge is 2.42. The van der Waals surface area contributed by atoms with Crippen molar-refractivity contribution >= 4 is 35.3 Å². The molecule has 11 heteroatoms. The van der Waals surface area contributed by atoms with E-state index in [2.05, 4.69) is 10.2 Å². The van der Waals surface area contributed by atoms with Gasteiger partial charge in [-0.1, -0.05) is 6.07 Å². The summed E-state index contributed by atoms with van der Waals surface area (Å²) in [5, 5.41) is 2.58. The summed E-state index contributed by atoms with van der Waals surface area (Å²) >= 11 is 0. The average molecular weight is 498 g/mol. The zero-order valence-corrected chi connectivity index (χ0v) is 20.4. The van der Waals surface area contributed by atoms with Gasteiger partial charge in [-0.05, 0) is 49.7 Å². The van der Waals surface area contributed by atoms with E-state index in [1.807, 2.05) is 12.4 Å². The molecule has 1 unspecified atom stereocenters. The first-order valence-electron chi connectivity index (χ1n) is 11.3. The van der Waals surface area contributed by atoms with Crippen LogP contribution in [0.15, 0.2) is 36.4 Å². The van der Waals surface area contributed by atoms with Gasteiger partial charge in [0.15, 0.2) is 11.5 Å². The normalized spacial score (nSPS) is 13.1. The van der Waals surface area contributed by atoms with Crippen LogP contribution in [0.4, 0.5) is 5.69 Å². The first-order chi connectivity index (χ1) is 17.2. The molecule has 0 saturated carbocycles. The topological polar surface area (TPSA) is 140 Å². The zero-order valence-electron chi connectivity index (χ0n) is 20.4. The van der Waals surface area contributed by atoms with Crippen LogP contribution in [0.3, 0.4) is 0 Å². The first kappa shape index (κ1) is 26.2. The number of hydrogen-bond acceptors (Lipinski definition) is 8. The second kappa shape index (κ2) is 11.3. The van der Waals surface area contributed by atoms with Crippen LogP contribution in [-0.2, 0) is 19.2 Å². The zero-order chi connectivity index (χ0) is 26.4. The highest BCUT2D eigenvalue weighted by Crippen LogP contribution is 2.38. The van der Waals surface area contributed by atoms with Crippen molar-refractivity contribution in [2.45, 2.75) is 40.2 Å². The molecule has 2 aromatic rings. The first-order valence-corrected chi connectivity index (χ1v) is 11.3. The maximum atomic E-state index is 13.4. The molecule has 0 aromatic heterocycles. The lowest BCUT2D eigenvalue weighted by Crippen LogP contribution is -2.38. The minimum atomic E-state index is -1.06. The molecule has 1 aliphatic rings. The summed E-state index contributed by atoms with van der Waals surface area (Å²) in [6, 6.07) is 8.17. The SMILES string of the molecule is CCOc1ccc(C(CC(=O)NOC(C)=O)N2C(=O)c3ccc(NC(C)=O)cc3C2=O)cc1OCC. The number of rotatable bonds is 9. The van der Waals surface area contributed by atoms with Crippen molar-refractivity contribution in [3.05, 3.63) is 53.1 Å². The Kier molecular flexibility index (Phi) is 8.26. The number of carbonyl (C=O) groups is 5. The van der Waals surface area contributed by atoms with Crippen molar-refractivity contribution in [1.29, 1.82) is 0 Å². The summed E-state index contributed by atoms with van der Waals surface area (Å²) in [5.41, 5.74) is 3.02. The summed E-state index contributed by atoms with van der Waals surface area (Å²) in [6.45, 7) is 6.79. The van der Waals surface area contributed by atoms with Crippen molar-refractivity contribution in [2.75, 3.05) is 18.5 Å². The molecule has 0 aliphatic carbocycles. The Bertz CT molecular complexity index is 1210. The molecule has 1 heterocycles. The summed E-state index contributed by atoms with van der Waals surface area (Å²) in [5.74, 6) is -2.19. The van der Waals surface area contributed by atoms with Crippen LogP contribution in [-0.4, -0.2) is 47.7 Å². The highest BCUT2D eigenvalue weighted by atomic mass is 16.7. The summed E-state index contributed by atoms with van der Waals surface area (Å²) < 4.78 is 11.3. The maximum absolute atomic E-state index is 13.4. The third-order valence-corrected chi connectivity index (χ3v) is 5.19. The highest BCUT2D eigenvalue weighted by molar-refractivity contribution is 6.22. The Balaban J connectivity index is 2.03. The molecule has 0 saturated heterocycles. The molecule has 190 valence electrons. The van der Waals surface area contributed by atoms with Crippen LogP contribution in [0.5, 0.6) is 11.5 Å². The number of carbonyl (C=O) groups excluding carboxylic acids is 5. The van der Waals surface area contributed by atoms with E-state index in [-0.39, 0.29) is 17.0 Å². The standard InChI is InChI=1S/C25H27N3O8/c1-5-34-21-10-7-16(11-22(21)35-6-2)20(13-23(31)27-36-15(4)30)28-24(32)18-9-8-17(26-14(3)29)12-19(18)25(28)33/h7-12,20H,5-6,13H2,1-4H3,(H,26,29)(H,27,31). The van der Waals surface area contributed by atoms with Gasteiger partial charge in [0.25, 0.3) is 17.7 Å². The number of imide groups is 1. The van der Waals surface area contributed by atoms with Gasteiger partial charge in [0.1, 0.15) is 0 Å². The van der Waals surface area contributed by atoms with Crippen LogP contribution in [0.1, 0.15) is 66.4 Å². The van der Waals surface area contributed by atoms with Gasteiger partial charge in [0, 0.05) is 19.5 Å². The van der Waals surface area contributed by atoms with Crippen molar-refractivity contribution in [2.24, 2.45) is 0 Å². The lowest BCUT2D eigenvalue weighted by Gasteiger charge is -2.27. The molecule has 2 aromatic carbocycles. The smallest absolute Gasteiger partial charge is 0.329 e. The molecular weight excluding hydrogens is 470 g/mol. The predicted molar refractivity (Wildman–Crippen MR) is 127 cm³/mol. The maximum Gasteiger partial charge on any atom is 0.329 e. The number of nitrogens with one attached hydrogen (secondary N) is 2. The van der Waals surface area contributed by atoms with Crippen LogP contribution in [0, 0.1) is 0 Å². The van der Waals surface area contributed by atoms with E-state index in [1.54, 1.807) is 25.1 Å². The van der Waals surface area contributed by atoms with Gasteiger partial charge in [-0.25, -0.2) is 0 Å². The number of hydroxylamine groups is 1. The van der Waals surface area contributed by atoms with Crippen molar-refractivity contribution in [1.82, 2.24) is 10.4 Å². The Morgan fingerprint density at radius 1 is 0.889 bits per heavy atom. The third kappa shape index (κ3) is 5.80. The van der Waals surface area contributed by atoms with Gasteiger partial charge in [0.05, 0.1) is 36.8 Å². The van der Waals surface area contributed by atoms with Crippen LogP contribution in [0.2, 0.25) is 0 Å². The molecule has 4 amide bonds. The molecule has 0 spiro atoms. The molecule has 1 atom stereocenters. The molecule has 1 aliphatic heterocycles. The fraction of sp³-hybridized carbons (Fsp3) is 0.320.